The molecule has 3 atom stereocenters. The zero-order valence-electron chi connectivity index (χ0n) is 18.4. The fraction of sp³-hybridized carbons (Fsp3) is 0.833. The van der Waals surface area contributed by atoms with Crippen LogP contribution < -0.4 is 5.32 Å². The molecule has 3 amide bonds. The molecule has 0 radical (unpaired) electrons. The molecule has 0 aromatic carbocycles. The highest BCUT2D eigenvalue weighted by molar-refractivity contribution is 6.07. The number of amides is 3. The van der Waals surface area contributed by atoms with Crippen LogP contribution in [0.3, 0.4) is 0 Å². The van der Waals surface area contributed by atoms with Gasteiger partial charge in [0, 0.05) is 6.54 Å². The van der Waals surface area contributed by atoms with Crippen molar-refractivity contribution in [2.45, 2.75) is 77.2 Å². The average molecular weight is 431 g/mol. The smallest absolute Gasteiger partial charge is 0.329 e. The lowest BCUT2D eigenvalue weighted by atomic mass is 9.49. The first-order valence-corrected chi connectivity index (χ1v) is 12.2. The maximum Gasteiger partial charge on any atom is 0.329 e. The number of rotatable bonds is 6. The van der Waals surface area contributed by atoms with Gasteiger partial charge in [-0.25, -0.2) is 4.79 Å². The van der Waals surface area contributed by atoms with Gasteiger partial charge in [0.25, 0.3) is 5.91 Å². The van der Waals surface area contributed by atoms with Crippen LogP contribution in [0.25, 0.3) is 0 Å². The van der Waals surface area contributed by atoms with E-state index in [-0.39, 0.29) is 41.6 Å². The molecule has 0 spiro atoms. The number of imide groups is 1. The van der Waals surface area contributed by atoms with E-state index in [1.54, 1.807) is 0 Å². The lowest BCUT2D eigenvalue weighted by Crippen LogP contribution is -2.51. The number of nitrogens with one attached hydrogen (secondary N) is 1. The fourth-order valence-corrected chi connectivity index (χ4v) is 7.78. The summed E-state index contributed by atoms with van der Waals surface area (Å²) in [5.41, 5.74) is 0.229. The summed E-state index contributed by atoms with van der Waals surface area (Å²) in [6.07, 6.45) is 11.0. The summed E-state index contributed by atoms with van der Waals surface area (Å²) < 4.78 is 5.20. The summed E-state index contributed by atoms with van der Waals surface area (Å²) in [5.74, 6) is 0.369. The Bertz CT molecular complexity index is 734. The van der Waals surface area contributed by atoms with Gasteiger partial charge < -0.3 is 10.1 Å². The van der Waals surface area contributed by atoms with Crippen molar-refractivity contribution in [2.24, 2.45) is 35.0 Å². The van der Waals surface area contributed by atoms with Gasteiger partial charge in [-0.05, 0) is 81.5 Å². The number of hydrogen-bond donors (Lipinski definition) is 1. The Morgan fingerprint density at radius 3 is 2.03 bits per heavy atom. The summed E-state index contributed by atoms with van der Waals surface area (Å²) in [6, 6.07) is -0.985. The molecule has 7 nitrogen and oxygen atoms in total. The number of nitrogens with zero attached hydrogens (tertiary/aromatic N) is 1. The molecule has 0 unspecified atom stereocenters. The van der Waals surface area contributed by atoms with E-state index >= 15 is 0 Å². The molecule has 0 aromatic rings. The molecule has 1 N–H and O–H groups in total. The van der Waals surface area contributed by atoms with Crippen molar-refractivity contribution in [1.82, 2.24) is 10.2 Å². The van der Waals surface area contributed by atoms with Crippen LogP contribution in [-0.2, 0) is 23.9 Å². The van der Waals surface area contributed by atoms with Gasteiger partial charge in [-0.3, -0.25) is 19.3 Å². The molecule has 5 aliphatic carbocycles. The topological polar surface area (TPSA) is 92.8 Å². The minimum Gasteiger partial charge on any atom is -0.454 e. The minimum absolute atomic E-state index is 0.229. The number of esters is 1. The fourth-order valence-electron chi connectivity index (χ4n) is 7.78. The van der Waals surface area contributed by atoms with Gasteiger partial charge in [-0.1, -0.05) is 12.8 Å². The zero-order valence-corrected chi connectivity index (χ0v) is 18.4. The third-order valence-corrected chi connectivity index (χ3v) is 8.77. The predicted octanol–water partition coefficient (Wildman–Crippen LogP) is 2.43. The second-order valence-corrected chi connectivity index (χ2v) is 11.0. The van der Waals surface area contributed by atoms with Crippen LogP contribution in [0.1, 0.15) is 71.1 Å². The molecular weight excluding hydrogens is 396 g/mol. The number of ether oxygens (including phenoxy) is 1. The molecule has 6 aliphatic rings. The predicted molar refractivity (Wildman–Crippen MR) is 111 cm³/mol. The van der Waals surface area contributed by atoms with Crippen LogP contribution >= 0.6 is 0 Å². The summed E-state index contributed by atoms with van der Waals surface area (Å²) in [5, 5.41) is 3.00. The second-order valence-electron chi connectivity index (χ2n) is 11.0. The Balaban J connectivity index is 1.11. The molecule has 1 heterocycles. The van der Waals surface area contributed by atoms with E-state index < -0.39 is 12.0 Å². The molecule has 1 aliphatic heterocycles. The van der Waals surface area contributed by atoms with Crippen LogP contribution in [-0.4, -0.2) is 47.8 Å². The van der Waals surface area contributed by atoms with Crippen molar-refractivity contribution in [3.8, 4) is 0 Å². The summed E-state index contributed by atoms with van der Waals surface area (Å²) >= 11 is 0. The van der Waals surface area contributed by atoms with E-state index in [4.69, 9.17) is 4.74 Å². The van der Waals surface area contributed by atoms with Crippen LogP contribution in [0.5, 0.6) is 0 Å². The molecule has 1 saturated heterocycles. The lowest BCUT2D eigenvalue weighted by Gasteiger charge is -2.56. The van der Waals surface area contributed by atoms with Gasteiger partial charge in [-0.15, -0.1) is 0 Å². The van der Waals surface area contributed by atoms with Gasteiger partial charge in [0.2, 0.25) is 11.8 Å². The number of likely N-dealkylation sites (tertiary alicyclic amines) is 1. The van der Waals surface area contributed by atoms with E-state index in [1.165, 1.54) is 45.4 Å². The number of fused-ring (bicyclic) bond motifs is 1. The van der Waals surface area contributed by atoms with Crippen LogP contribution in [0.4, 0.5) is 0 Å². The highest BCUT2D eigenvalue weighted by Crippen LogP contribution is 2.59. The Morgan fingerprint density at radius 1 is 1.00 bits per heavy atom. The Hall–Kier alpha value is -1.92. The molecule has 0 aromatic heterocycles. The highest BCUT2D eigenvalue weighted by Gasteiger charge is 2.52. The first-order chi connectivity index (χ1) is 14.8. The average Bonchev–Trinajstić information content (AvgIpc) is 2.99. The minimum atomic E-state index is -0.985. The highest BCUT2D eigenvalue weighted by atomic mass is 16.5. The van der Waals surface area contributed by atoms with Crippen molar-refractivity contribution in [3.05, 3.63) is 0 Å². The van der Waals surface area contributed by atoms with E-state index in [2.05, 4.69) is 5.32 Å². The zero-order chi connectivity index (χ0) is 21.8. The Morgan fingerprint density at radius 2 is 1.52 bits per heavy atom. The first-order valence-electron chi connectivity index (χ1n) is 12.2. The summed E-state index contributed by atoms with van der Waals surface area (Å²) in [6.45, 7) is 1.82. The van der Waals surface area contributed by atoms with Gasteiger partial charge in [0.15, 0.2) is 6.61 Å². The first kappa shape index (κ1) is 21.0. The third-order valence-electron chi connectivity index (χ3n) is 8.77. The van der Waals surface area contributed by atoms with Crippen molar-refractivity contribution in [1.29, 1.82) is 0 Å². The standard InChI is InChI=1S/C24H34N2O5/c1-14(26-21(28)18-4-2-3-5-19(18)22(26)29)23(30)31-12-20(27)25-13-24-9-15-6-16(10-24)8-17(7-15)11-24/h14-19H,2-13H2,1H3,(H,25,27)/t14-,15?,16?,17?,18+,19+,24?/m0/s1. The SMILES string of the molecule is C[C@@H](C(=O)OCC(=O)NCC12CC3CC(CC(C3)C1)C2)N1C(=O)[C@@H]2CCCC[C@H]2C1=O. The maximum absolute atomic E-state index is 12.7. The van der Waals surface area contributed by atoms with Crippen LogP contribution in [0.2, 0.25) is 0 Å². The molecule has 5 saturated carbocycles. The molecule has 6 rings (SSSR count). The largest absolute Gasteiger partial charge is 0.454 e. The Labute approximate surface area is 183 Å². The van der Waals surface area contributed by atoms with Crippen LogP contribution in [0.15, 0.2) is 0 Å². The van der Waals surface area contributed by atoms with Crippen molar-refractivity contribution < 1.29 is 23.9 Å². The van der Waals surface area contributed by atoms with E-state index in [0.717, 1.165) is 35.5 Å². The Kier molecular flexibility index (Phi) is 5.33. The molecule has 6 fully saturated rings. The quantitative estimate of drug-likeness (QED) is 0.516. The number of carbonyl (C=O) groups excluding carboxylic acids is 4. The lowest BCUT2D eigenvalue weighted by molar-refractivity contribution is -0.159. The molecule has 4 bridgehead atoms. The van der Waals surface area contributed by atoms with Crippen LogP contribution in [0, 0.1) is 35.0 Å². The van der Waals surface area contributed by atoms with Gasteiger partial charge in [-0.2, -0.15) is 0 Å². The second kappa shape index (κ2) is 7.89. The molecule has 7 heteroatoms. The summed E-state index contributed by atoms with van der Waals surface area (Å²) in [4.78, 5) is 51.3. The molecule has 31 heavy (non-hydrogen) atoms. The van der Waals surface area contributed by atoms with E-state index in [0.29, 0.717) is 19.4 Å². The van der Waals surface area contributed by atoms with Gasteiger partial charge >= 0.3 is 5.97 Å². The van der Waals surface area contributed by atoms with E-state index in [9.17, 15) is 19.2 Å². The number of hydrogen-bond acceptors (Lipinski definition) is 5. The monoisotopic (exact) mass is 430 g/mol. The summed E-state index contributed by atoms with van der Waals surface area (Å²) in [7, 11) is 0. The number of carbonyl (C=O) groups is 4. The normalized spacial score (nSPS) is 39.4. The van der Waals surface area contributed by atoms with E-state index in [1.807, 2.05) is 0 Å². The van der Waals surface area contributed by atoms with Crippen molar-refractivity contribution in [2.75, 3.05) is 13.2 Å². The molecule has 170 valence electrons. The van der Waals surface area contributed by atoms with Gasteiger partial charge in [0.1, 0.15) is 6.04 Å². The molecular formula is C24H34N2O5. The third kappa shape index (κ3) is 3.78. The van der Waals surface area contributed by atoms with Crippen molar-refractivity contribution >= 4 is 23.7 Å². The van der Waals surface area contributed by atoms with Crippen molar-refractivity contribution in [3.63, 3.8) is 0 Å². The maximum atomic E-state index is 12.7. The van der Waals surface area contributed by atoms with Gasteiger partial charge in [0.05, 0.1) is 11.8 Å².